The van der Waals surface area contributed by atoms with E-state index in [9.17, 15) is 14.4 Å². The number of para-hydroxylation sites is 1. The maximum absolute atomic E-state index is 12.7. The number of fused-ring (bicyclic) bond motifs is 1. The normalized spacial score (nSPS) is 15.2. The number of amides is 4. The molecule has 0 radical (unpaired) electrons. The molecule has 3 aromatic rings. The van der Waals surface area contributed by atoms with Gasteiger partial charge in [-0.1, -0.05) is 30.3 Å². The summed E-state index contributed by atoms with van der Waals surface area (Å²) in [5, 5.41) is 6.24. The van der Waals surface area contributed by atoms with Crippen LogP contribution in [0.2, 0.25) is 0 Å². The Morgan fingerprint density at radius 3 is 2.72 bits per heavy atom. The van der Waals surface area contributed by atoms with Crippen LogP contribution in [0.3, 0.4) is 0 Å². The van der Waals surface area contributed by atoms with Crippen molar-refractivity contribution in [3.8, 4) is 0 Å². The summed E-state index contributed by atoms with van der Waals surface area (Å²) in [7, 11) is 1.92. The maximum Gasteiger partial charge on any atom is 0.329 e. The van der Waals surface area contributed by atoms with Crippen molar-refractivity contribution >= 4 is 40.5 Å². The summed E-state index contributed by atoms with van der Waals surface area (Å²) in [6, 6.07) is 14.5. The van der Waals surface area contributed by atoms with Gasteiger partial charge in [0.1, 0.15) is 12.2 Å². The van der Waals surface area contributed by atoms with E-state index in [0.29, 0.717) is 5.69 Å². The number of rotatable bonds is 4. The second kappa shape index (κ2) is 7.27. The van der Waals surface area contributed by atoms with Gasteiger partial charge in [0.2, 0.25) is 5.91 Å². The number of imide groups is 1. The summed E-state index contributed by atoms with van der Waals surface area (Å²) >= 11 is 0. The van der Waals surface area contributed by atoms with Crippen molar-refractivity contribution < 1.29 is 14.4 Å². The van der Waals surface area contributed by atoms with Gasteiger partial charge in [0.05, 0.1) is 0 Å². The van der Waals surface area contributed by atoms with Gasteiger partial charge in [0.25, 0.3) is 5.91 Å². The van der Waals surface area contributed by atoms with E-state index in [-0.39, 0.29) is 12.2 Å². The Morgan fingerprint density at radius 2 is 1.93 bits per heavy atom. The highest BCUT2D eigenvalue weighted by Gasteiger charge is 2.35. The van der Waals surface area contributed by atoms with Crippen molar-refractivity contribution in [1.82, 2.24) is 14.8 Å². The number of hydrogen-bond acceptors (Lipinski definition) is 3. The van der Waals surface area contributed by atoms with Gasteiger partial charge in [-0.2, -0.15) is 0 Å². The Balaban J connectivity index is 1.52. The zero-order chi connectivity index (χ0) is 20.5. The summed E-state index contributed by atoms with van der Waals surface area (Å²) in [6.45, 7) is 1.56. The minimum absolute atomic E-state index is 0.148. The number of benzene rings is 2. The summed E-state index contributed by atoms with van der Waals surface area (Å²) in [4.78, 5) is 38.2. The molecule has 0 spiro atoms. The van der Waals surface area contributed by atoms with Gasteiger partial charge in [-0.05, 0) is 36.8 Å². The molecule has 0 atom stereocenters. The number of aryl methyl sites for hydroxylation is 2. The largest absolute Gasteiger partial charge is 0.350 e. The molecule has 2 heterocycles. The average Bonchev–Trinajstić information content (AvgIpc) is 3.13. The van der Waals surface area contributed by atoms with Gasteiger partial charge < -0.3 is 15.2 Å². The molecule has 1 saturated heterocycles. The molecule has 29 heavy (non-hydrogen) atoms. The number of nitrogens with zero attached hydrogens (tertiary/aromatic N) is 2. The fourth-order valence-electron chi connectivity index (χ4n) is 3.43. The van der Waals surface area contributed by atoms with Gasteiger partial charge >= 0.3 is 6.03 Å². The molecule has 2 aromatic carbocycles. The SMILES string of the molecule is Cc1cccc(NC(=O)CN2C(=O)N/C(=C/c3cn(C)c4ccccc34)C2=O)c1. The van der Waals surface area contributed by atoms with E-state index in [1.165, 1.54) is 0 Å². The van der Waals surface area contributed by atoms with E-state index < -0.39 is 17.8 Å². The topological polar surface area (TPSA) is 83.4 Å². The third kappa shape index (κ3) is 3.62. The lowest BCUT2D eigenvalue weighted by Crippen LogP contribution is -2.38. The second-order valence-corrected chi connectivity index (χ2v) is 7.01. The Bertz CT molecular complexity index is 1180. The molecule has 146 valence electrons. The molecular weight excluding hydrogens is 368 g/mol. The number of nitrogens with one attached hydrogen (secondary N) is 2. The third-order valence-corrected chi connectivity index (χ3v) is 4.79. The van der Waals surface area contributed by atoms with Crippen LogP contribution in [0.5, 0.6) is 0 Å². The lowest BCUT2D eigenvalue weighted by molar-refractivity contribution is -0.127. The van der Waals surface area contributed by atoms with E-state index in [1.54, 1.807) is 12.1 Å². The first-order chi connectivity index (χ1) is 13.9. The molecule has 2 N–H and O–H groups in total. The summed E-state index contributed by atoms with van der Waals surface area (Å²) < 4.78 is 1.95. The standard InChI is InChI=1S/C22H20N4O3/c1-14-6-5-7-16(10-14)23-20(27)13-26-21(28)18(24-22(26)29)11-15-12-25(2)19-9-4-3-8-17(15)19/h3-12H,13H2,1-2H3,(H,23,27)(H,24,29)/b18-11+. The van der Waals surface area contributed by atoms with Gasteiger partial charge in [0, 0.05) is 35.4 Å². The van der Waals surface area contributed by atoms with Crippen LogP contribution < -0.4 is 10.6 Å². The van der Waals surface area contributed by atoms with Crippen LogP contribution in [0.4, 0.5) is 10.5 Å². The van der Waals surface area contributed by atoms with Crippen molar-refractivity contribution in [1.29, 1.82) is 0 Å². The van der Waals surface area contributed by atoms with Crippen LogP contribution in [0, 0.1) is 6.92 Å². The Hall–Kier alpha value is -3.87. The zero-order valence-electron chi connectivity index (χ0n) is 16.1. The first kappa shape index (κ1) is 18.5. The molecule has 0 aliphatic carbocycles. The van der Waals surface area contributed by atoms with E-state index >= 15 is 0 Å². The fraction of sp³-hybridized carbons (Fsp3) is 0.136. The van der Waals surface area contributed by atoms with E-state index in [1.807, 2.05) is 67.2 Å². The maximum atomic E-state index is 12.7. The van der Waals surface area contributed by atoms with Gasteiger partial charge in [-0.25, -0.2) is 9.69 Å². The quantitative estimate of drug-likeness (QED) is 0.532. The number of aromatic nitrogens is 1. The van der Waals surface area contributed by atoms with Crippen LogP contribution >= 0.6 is 0 Å². The minimum atomic E-state index is -0.610. The van der Waals surface area contributed by atoms with E-state index in [2.05, 4.69) is 10.6 Å². The van der Waals surface area contributed by atoms with Crippen LogP contribution in [0.1, 0.15) is 11.1 Å². The van der Waals surface area contributed by atoms with Gasteiger partial charge in [-0.15, -0.1) is 0 Å². The molecule has 1 aliphatic heterocycles. The number of anilines is 1. The number of urea groups is 1. The molecule has 0 saturated carbocycles. The highest BCUT2D eigenvalue weighted by atomic mass is 16.2. The predicted octanol–water partition coefficient (Wildman–Crippen LogP) is 3.02. The molecule has 7 heteroatoms. The number of carbonyl (C=O) groups is 3. The lowest BCUT2D eigenvalue weighted by atomic mass is 10.1. The highest BCUT2D eigenvalue weighted by Crippen LogP contribution is 2.23. The molecular formula is C22H20N4O3. The van der Waals surface area contributed by atoms with Crippen molar-refractivity contribution in [2.45, 2.75) is 6.92 Å². The van der Waals surface area contributed by atoms with Crippen LogP contribution in [-0.2, 0) is 16.6 Å². The molecule has 7 nitrogen and oxygen atoms in total. The third-order valence-electron chi connectivity index (χ3n) is 4.79. The lowest BCUT2D eigenvalue weighted by Gasteiger charge is -2.12. The predicted molar refractivity (Wildman–Crippen MR) is 111 cm³/mol. The monoisotopic (exact) mass is 388 g/mol. The van der Waals surface area contributed by atoms with E-state index in [0.717, 1.165) is 26.9 Å². The smallest absolute Gasteiger partial charge is 0.329 e. The van der Waals surface area contributed by atoms with Crippen LogP contribution in [0.15, 0.2) is 60.4 Å². The summed E-state index contributed by atoms with van der Waals surface area (Å²) in [5.74, 6) is -0.965. The first-order valence-corrected chi connectivity index (χ1v) is 9.17. The van der Waals surface area contributed by atoms with Gasteiger partial charge in [0.15, 0.2) is 0 Å². The van der Waals surface area contributed by atoms with Crippen LogP contribution in [-0.4, -0.2) is 33.9 Å². The minimum Gasteiger partial charge on any atom is -0.350 e. The number of hydrogen-bond donors (Lipinski definition) is 2. The van der Waals surface area contributed by atoms with Crippen molar-refractivity contribution in [2.75, 3.05) is 11.9 Å². The summed E-state index contributed by atoms with van der Waals surface area (Å²) in [5.41, 5.74) is 3.60. The molecule has 4 amide bonds. The Kier molecular flexibility index (Phi) is 4.64. The number of carbonyl (C=O) groups excluding carboxylic acids is 3. The molecule has 4 rings (SSSR count). The molecule has 0 unspecified atom stereocenters. The fourth-order valence-corrected chi connectivity index (χ4v) is 3.43. The molecule has 1 aliphatic rings. The van der Waals surface area contributed by atoms with Crippen molar-refractivity contribution in [3.05, 3.63) is 71.6 Å². The summed E-state index contributed by atoms with van der Waals surface area (Å²) in [6.07, 6.45) is 3.53. The average molecular weight is 388 g/mol. The highest BCUT2D eigenvalue weighted by molar-refractivity contribution is 6.16. The first-order valence-electron chi connectivity index (χ1n) is 9.17. The van der Waals surface area contributed by atoms with Crippen molar-refractivity contribution in [3.63, 3.8) is 0 Å². The molecule has 0 bridgehead atoms. The Morgan fingerprint density at radius 1 is 1.14 bits per heavy atom. The van der Waals surface area contributed by atoms with Gasteiger partial charge in [-0.3, -0.25) is 9.59 Å². The van der Waals surface area contributed by atoms with E-state index in [4.69, 9.17) is 0 Å². The Labute approximate surface area is 167 Å². The molecule has 1 fully saturated rings. The zero-order valence-corrected chi connectivity index (χ0v) is 16.1. The second-order valence-electron chi connectivity index (χ2n) is 7.01. The molecule has 1 aromatic heterocycles. The van der Waals surface area contributed by atoms with Crippen molar-refractivity contribution in [2.24, 2.45) is 7.05 Å². The van der Waals surface area contributed by atoms with Crippen LogP contribution in [0.25, 0.3) is 17.0 Å².